The van der Waals surface area contributed by atoms with E-state index in [-0.39, 0.29) is 23.7 Å². The number of carbonyl (C=O) groups excluding carboxylic acids is 2. The van der Waals surface area contributed by atoms with E-state index in [2.05, 4.69) is 20.5 Å². The zero-order chi connectivity index (χ0) is 18.7. The quantitative estimate of drug-likeness (QED) is 0.741. The third-order valence-corrected chi connectivity index (χ3v) is 3.85. The van der Waals surface area contributed by atoms with E-state index in [9.17, 15) is 9.59 Å². The van der Waals surface area contributed by atoms with Crippen molar-refractivity contribution < 1.29 is 9.59 Å². The topological polar surface area (TPSA) is 87.7 Å². The Morgan fingerprint density at radius 1 is 1.08 bits per heavy atom. The molecule has 3 rings (SSSR count). The maximum Gasteiger partial charge on any atom is 0.270 e. The zero-order valence-electron chi connectivity index (χ0n) is 15.2. The number of benzene rings is 1. The molecular weight excluding hydrogens is 328 g/mol. The van der Waals surface area contributed by atoms with Gasteiger partial charge in [0.15, 0.2) is 0 Å². The van der Waals surface area contributed by atoms with Crippen LogP contribution >= 0.6 is 0 Å². The second-order valence-electron chi connectivity index (χ2n) is 7.44. The third kappa shape index (κ3) is 4.53. The van der Waals surface area contributed by atoms with Gasteiger partial charge in [-0.15, -0.1) is 0 Å². The van der Waals surface area contributed by atoms with Crippen LogP contribution in [0.15, 0.2) is 42.7 Å². The summed E-state index contributed by atoms with van der Waals surface area (Å²) in [4.78, 5) is 28.7. The van der Waals surface area contributed by atoms with Crippen molar-refractivity contribution >= 4 is 22.6 Å². The fraction of sp³-hybridized carbons (Fsp3) is 0.300. The smallest absolute Gasteiger partial charge is 0.270 e. The van der Waals surface area contributed by atoms with Crippen LogP contribution < -0.4 is 5.32 Å². The van der Waals surface area contributed by atoms with Gasteiger partial charge in [-0.25, -0.2) is 0 Å². The molecule has 2 heterocycles. The summed E-state index contributed by atoms with van der Waals surface area (Å²) in [5.74, 6) is -0.159. The number of aromatic nitrogens is 3. The number of fused-ring (bicyclic) bond motifs is 1. The molecule has 0 bridgehead atoms. The predicted molar refractivity (Wildman–Crippen MR) is 100.0 cm³/mol. The van der Waals surface area contributed by atoms with Crippen LogP contribution in [-0.4, -0.2) is 32.4 Å². The van der Waals surface area contributed by atoms with Gasteiger partial charge in [0.25, 0.3) is 5.91 Å². The zero-order valence-corrected chi connectivity index (χ0v) is 15.2. The summed E-state index contributed by atoms with van der Waals surface area (Å²) < 4.78 is 0. The number of hydrogen-bond donors (Lipinski definition) is 2. The highest BCUT2D eigenvalue weighted by atomic mass is 16.2. The van der Waals surface area contributed by atoms with Crippen LogP contribution in [0, 0.1) is 0 Å². The minimum atomic E-state index is -0.337. The SMILES string of the molecule is CC(C)(C)NC(=O)c1cc(CC(=O)Cc2ccc3cn[nH]c3c2)ccn1. The average molecular weight is 350 g/mol. The monoisotopic (exact) mass is 350 g/mol. The molecule has 1 aromatic carbocycles. The number of ketones is 1. The lowest BCUT2D eigenvalue weighted by Crippen LogP contribution is -2.40. The Bertz CT molecular complexity index is 954. The average Bonchev–Trinajstić information content (AvgIpc) is 3.01. The van der Waals surface area contributed by atoms with Gasteiger partial charge in [-0.05, 0) is 50.1 Å². The van der Waals surface area contributed by atoms with Gasteiger partial charge >= 0.3 is 0 Å². The molecule has 0 atom stereocenters. The molecule has 0 aliphatic carbocycles. The fourth-order valence-electron chi connectivity index (χ4n) is 2.73. The summed E-state index contributed by atoms with van der Waals surface area (Å²) in [5.41, 5.74) is 2.62. The minimum absolute atomic E-state index is 0.0808. The van der Waals surface area contributed by atoms with Crippen LogP contribution in [0.2, 0.25) is 0 Å². The molecule has 2 N–H and O–H groups in total. The summed E-state index contributed by atoms with van der Waals surface area (Å²) >= 11 is 0. The van der Waals surface area contributed by atoms with E-state index in [1.165, 1.54) is 0 Å². The molecule has 134 valence electrons. The van der Waals surface area contributed by atoms with E-state index < -0.39 is 0 Å². The number of H-pyrrole nitrogens is 1. The van der Waals surface area contributed by atoms with Crippen molar-refractivity contribution in [2.24, 2.45) is 0 Å². The summed E-state index contributed by atoms with van der Waals surface area (Å²) in [7, 11) is 0. The van der Waals surface area contributed by atoms with Gasteiger partial charge in [-0.3, -0.25) is 19.7 Å². The standard InChI is InChI=1S/C20H22N4O2/c1-20(2,3)23-19(26)18-11-14(6-7-21-18)9-16(25)8-13-4-5-15-12-22-24-17(15)10-13/h4-7,10-12H,8-9H2,1-3H3,(H,22,24)(H,23,26). The summed E-state index contributed by atoms with van der Waals surface area (Å²) in [6, 6.07) is 9.27. The summed E-state index contributed by atoms with van der Waals surface area (Å²) in [5, 5.41) is 10.8. The van der Waals surface area contributed by atoms with Gasteiger partial charge in [0.05, 0.1) is 11.7 Å². The number of rotatable bonds is 5. The van der Waals surface area contributed by atoms with E-state index in [4.69, 9.17) is 0 Å². The number of pyridine rings is 1. The molecule has 0 radical (unpaired) electrons. The van der Waals surface area contributed by atoms with E-state index in [0.717, 1.165) is 22.0 Å². The van der Waals surface area contributed by atoms with Gasteiger partial charge < -0.3 is 5.32 Å². The predicted octanol–water partition coefficient (Wildman–Crippen LogP) is 2.84. The van der Waals surface area contributed by atoms with Crippen LogP contribution in [0.25, 0.3) is 10.9 Å². The highest BCUT2D eigenvalue weighted by molar-refractivity contribution is 5.93. The van der Waals surface area contributed by atoms with Crippen molar-refractivity contribution in [1.82, 2.24) is 20.5 Å². The lowest BCUT2D eigenvalue weighted by Gasteiger charge is -2.20. The molecule has 1 amide bonds. The molecule has 0 saturated heterocycles. The fourth-order valence-corrected chi connectivity index (χ4v) is 2.73. The molecule has 0 aliphatic rings. The third-order valence-electron chi connectivity index (χ3n) is 3.85. The molecule has 0 saturated carbocycles. The number of aromatic amines is 1. The van der Waals surface area contributed by atoms with E-state index >= 15 is 0 Å². The molecule has 6 heteroatoms. The molecule has 0 spiro atoms. The van der Waals surface area contributed by atoms with E-state index in [0.29, 0.717) is 12.1 Å². The first-order valence-electron chi connectivity index (χ1n) is 8.51. The van der Waals surface area contributed by atoms with Gasteiger partial charge in [-0.2, -0.15) is 5.10 Å². The van der Waals surface area contributed by atoms with Gasteiger partial charge in [0, 0.05) is 30.0 Å². The maximum atomic E-state index is 12.4. The van der Waals surface area contributed by atoms with Crippen molar-refractivity contribution in [3.8, 4) is 0 Å². The molecule has 0 aliphatic heterocycles. The Morgan fingerprint density at radius 3 is 2.54 bits per heavy atom. The maximum absolute atomic E-state index is 12.4. The number of amides is 1. The van der Waals surface area contributed by atoms with Gasteiger partial charge in [0.1, 0.15) is 11.5 Å². The van der Waals surface area contributed by atoms with Crippen molar-refractivity contribution in [2.75, 3.05) is 0 Å². The molecule has 0 fully saturated rings. The Morgan fingerprint density at radius 2 is 1.81 bits per heavy atom. The van der Waals surface area contributed by atoms with E-state index in [1.54, 1.807) is 24.5 Å². The molecule has 2 aromatic heterocycles. The molecule has 26 heavy (non-hydrogen) atoms. The largest absolute Gasteiger partial charge is 0.346 e. The Kier molecular flexibility index (Phi) is 4.84. The first kappa shape index (κ1) is 17.8. The summed E-state index contributed by atoms with van der Waals surface area (Å²) in [6.07, 6.45) is 3.92. The van der Waals surface area contributed by atoms with Crippen LogP contribution in [0.4, 0.5) is 0 Å². The highest BCUT2D eigenvalue weighted by Crippen LogP contribution is 2.14. The normalized spacial score (nSPS) is 11.5. The highest BCUT2D eigenvalue weighted by Gasteiger charge is 2.17. The van der Waals surface area contributed by atoms with Gasteiger partial charge in [0.2, 0.25) is 0 Å². The van der Waals surface area contributed by atoms with Crippen LogP contribution in [-0.2, 0) is 17.6 Å². The molecule has 0 unspecified atom stereocenters. The van der Waals surface area contributed by atoms with Crippen molar-refractivity contribution in [1.29, 1.82) is 0 Å². The number of nitrogens with one attached hydrogen (secondary N) is 2. The van der Waals surface area contributed by atoms with Crippen molar-refractivity contribution in [2.45, 2.75) is 39.2 Å². The second kappa shape index (κ2) is 7.07. The van der Waals surface area contributed by atoms with Gasteiger partial charge in [-0.1, -0.05) is 12.1 Å². The second-order valence-corrected chi connectivity index (χ2v) is 7.44. The summed E-state index contributed by atoms with van der Waals surface area (Å²) in [6.45, 7) is 5.73. The molecule has 3 aromatic rings. The van der Waals surface area contributed by atoms with Crippen LogP contribution in [0.5, 0.6) is 0 Å². The minimum Gasteiger partial charge on any atom is -0.346 e. The van der Waals surface area contributed by atoms with Crippen molar-refractivity contribution in [3.63, 3.8) is 0 Å². The molecule has 6 nitrogen and oxygen atoms in total. The number of nitrogens with zero attached hydrogens (tertiary/aromatic N) is 2. The lowest BCUT2D eigenvalue weighted by molar-refractivity contribution is -0.117. The Labute approximate surface area is 152 Å². The van der Waals surface area contributed by atoms with Crippen molar-refractivity contribution in [3.05, 3.63) is 59.5 Å². The Hall–Kier alpha value is -3.02. The molecular formula is C20H22N4O2. The lowest BCUT2D eigenvalue weighted by atomic mass is 10.0. The number of hydrogen-bond acceptors (Lipinski definition) is 4. The van der Waals surface area contributed by atoms with E-state index in [1.807, 2.05) is 39.0 Å². The first-order chi connectivity index (χ1) is 12.3. The van der Waals surface area contributed by atoms with Crippen LogP contribution in [0.3, 0.4) is 0 Å². The Balaban J connectivity index is 1.67. The first-order valence-corrected chi connectivity index (χ1v) is 8.51. The number of Topliss-reactive ketones (excluding diaryl/α,β-unsaturated/α-hetero) is 1. The van der Waals surface area contributed by atoms with Crippen LogP contribution in [0.1, 0.15) is 42.4 Å². The number of carbonyl (C=O) groups is 2.